The van der Waals surface area contributed by atoms with Crippen LogP contribution in [-0.4, -0.2) is 26.9 Å². The van der Waals surface area contributed by atoms with Crippen LogP contribution in [0, 0.1) is 6.92 Å². The molecule has 5 nitrogen and oxygen atoms in total. The van der Waals surface area contributed by atoms with E-state index in [2.05, 4.69) is 15.3 Å². The van der Waals surface area contributed by atoms with Crippen molar-refractivity contribution in [1.82, 2.24) is 14.9 Å². The third-order valence-corrected chi connectivity index (χ3v) is 4.65. The van der Waals surface area contributed by atoms with Crippen molar-refractivity contribution < 1.29 is 4.79 Å². The van der Waals surface area contributed by atoms with Crippen molar-refractivity contribution in [2.45, 2.75) is 38.3 Å². The van der Waals surface area contributed by atoms with Crippen molar-refractivity contribution in [3.8, 4) is 0 Å². The second-order valence-electron chi connectivity index (χ2n) is 6.08. The summed E-state index contributed by atoms with van der Waals surface area (Å²) in [5.74, 6) is 0. The van der Waals surface area contributed by atoms with Crippen LogP contribution in [0.4, 0.5) is 10.5 Å². The Morgan fingerprint density at radius 3 is 2.91 bits per heavy atom. The number of hydrogen-bond donors (Lipinski definition) is 1. The van der Waals surface area contributed by atoms with Crippen molar-refractivity contribution in [3.05, 3.63) is 53.6 Å². The van der Waals surface area contributed by atoms with E-state index in [1.54, 1.807) is 6.33 Å². The Labute approximate surface area is 129 Å². The number of urea groups is 1. The van der Waals surface area contributed by atoms with E-state index in [0.29, 0.717) is 0 Å². The van der Waals surface area contributed by atoms with Crippen LogP contribution < -0.4 is 5.32 Å². The fourth-order valence-corrected chi connectivity index (χ4v) is 3.56. The van der Waals surface area contributed by atoms with E-state index in [4.69, 9.17) is 0 Å². The lowest BCUT2D eigenvalue weighted by atomic mass is 10.00. The van der Waals surface area contributed by atoms with Gasteiger partial charge in [0.2, 0.25) is 0 Å². The number of hydrogen-bond acceptors (Lipinski definition) is 3. The Balaban J connectivity index is 1.58. The zero-order chi connectivity index (χ0) is 15.1. The number of nitrogens with zero attached hydrogens (tertiary/aromatic N) is 3. The minimum atomic E-state index is -0.0224. The molecule has 1 fully saturated rings. The number of aromatic nitrogens is 2. The first kappa shape index (κ1) is 13.2. The lowest BCUT2D eigenvalue weighted by Gasteiger charge is -2.35. The number of fused-ring (bicyclic) bond motifs is 4. The molecule has 1 N–H and O–H groups in total. The van der Waals surface area contributed by atoms with Crippen LogP contribution in [0.5, 0.6) is 0 Å². The summed E-state index contributed by atoms with van der Waals surface area (Å²) in [4.78, 5) is 23.2. The zero-order valence-corrected chi connectivity index (χ0v) is 12.5. The minimum absolute atomic E-state index is 0.0224. The molecule has 2 bridgehead atoms. The van der Waals surface area contributed by atoms with Gasteiger partial charge in [0.05, 0.1) is 11.7 Å². The molecule has 5 heteroatoms. The Kier molecular flexibility index (Phi) is 3.06. The second-order valence-corrected chi connectivity index (χ2v) is 6.08. The van der Waals surface area contributed by atoms with Gasteiger partial charge in [-0.2, -0.15) is 0 Å². The van der Waals surface area contributed by atoms with E-state index < -0.39 is 0 Å². The number of amides is 2. The quantitative estimate of drug-likeness (QED) is 0.879. The van der Waals surface area contributed by atoms with Crippen LogP contribution in [-0.2, 0) is 6.42 Å². The molecule has 2 atom stereocenters. The first-order valence-electron chi connectivity index (χ1n) is 7.67. The average molecular weight is 294 g/mol. The number of rotatable bonds is 1. The van der Waals surface area contributed by atoms with Gasteiger partial charge >= 0.3 is 6.03 Å². The van der Waals surface area contributed by atoms with Gasteiger partial charge in [0, 0.05) is 29.9 Å². The maximum Gasteiger partial charge on any atom is 0.322 e. The fourth-order valence-electron chi connectivity index (χ4n) is 3.56. The second kappa shape index (κ2) is 5.09. The van der Waals surface area contributed by atoms with Gasteiger partial charge in [0.15, 0.2) is 0 Å². The first-order valence-corrected chi connectivity index (χ1v) is 7.67. The molecule has 2 aliphatic heterocycles. The number of carbonyl (C=O) groups is 1. The van der Waals surface area contributed by atoms with Crippen molar-refractivity contribution in [3.63, 3.8) is 0 Å². The average Bonchev–Trinajstić information content (AvgIpc) is 2.85. The predicted molar refractivity (Wildman–Crippen MR) is 83.5 cm³/mol. The molecule has 0 aliphatic carbocycles. The van der Waals surface area contributed by atoms with Gasteiger partial charge in [0.1, 0.15) is 6.33 Å². The lowest BCUT2D eigenvalue weighted by Crippen LogP contribution is -2.44. The third-order valence-electron chi connectivity index (χ3n) is 4.65. The molecule has 2 aliphatic rings. The van der Waals surface area contributed by atoms with Crippen LogP contribution in [0.3, 0.4) is 0 Å². The van der Waals surface area contributed by atoms with E-state index in [9.17, 15) is 4.79 Å². The number of benzene rings is 1. The highest BCUT2D eigenvalue weighted by Gasteiger charge is 2.43. The Hall–Kier alpha value is -2.43. The monoisotopic (exact) mass is 294 g/mol. The summed E-state index contributed by atoms with van der Waals surface area (Å²) < 4.78 is 0. The van der Waals surface area contributed by atoms with Crippen LogP contribution in [0.2, 0.25) is 0 Å². The van der Waals surface area contributed by atoms with Gasteiger partial charge in [0.25, 0.3) is 0 Å². The third kappa shape index (κ3) is 2.13. The highest BCUT2D eigenvalue weighted by Crippen LogP contribution is 2.42. The number of nitrogens with one attached hydrogen (secondary N) is 1. The number of aryl methyl sites for hydroxylation is 1. The van der Waals surface area contributed by atoms with E-state index in [1.165, 1.54) is 5.56 Å². The molecule has 4 rings (SSSR count). The van der Waals surface area contributed by atoms with E-state index in [-0.39, 0.29) is 18.1 Å². The Morgan fingerprint density at radius 2 is 2.09 bits per heavy atom. The molecule has 3 heterocycles. The zero-order valence-electron chi connectivity index (χ0n) is 12.5. The molecule has 22 heavy (non-hydrogen) atoms. The summed E-state index contributed by atoms with van der Waals surface area (Å²) >= 11 is 0. The lowest BCUT2D eigenvalue weighted by molar-refractivity contribution is 0.178. The molecular weight excluding hydrogens is 276 g/mol. The summed E-state index contributed by atoms with van der Waals surface area (Å²) in [6, 6.07) is 8.23. The fraction of sp³-hybridized carbons (Fsp3) is 0.353. The van der Waals surface area contributed by atoms with Gasteiger partial charge < -0.3 is 10.2 Å². The smallest absolute Gasteiger partial charge is 0.314 e. The summed E-state index contributed by atoms with van der Waals surface area (Å²) in [5.41, 5.74) is 4.23. The van der Waals surface area contributed by atoms with Gasteiger partial charge in [-0.1, -0.05) is 17.7 Å². The van der Waals surface area contributed by atoms with Crippen molar-refractivity contribution >= 4 is 11.7 Å². The molecule has 112 valence electrons. The summed E-state index contributed by atoms with van der Waals surface area (Å²) in [5, 5.41) is 3.02. The molecule has 2 unspecified atom stereocenters. The van der Waals surface area contributed by atoms with E-state index in [0.717, 1.165) is 36.2 Å². The molecule has 2 amide bonds. The van der Waals surface area contributed by atoms with Crippen LogP contribution in [0.25, 0.3) is 0 Å². The van der Waals surface area contributed by atoms with Gasteiger partial charge in [-0.25, -0.2) is 14.8 Å². The largest absolute Gasteiger partial charge is 0.322 e. The standard InChI is InChI=1S/C17H18N4O/c1-11-2-4-12(5-3-11)20-17(22)21-13-6-7-16(21)14-9-18-10-19-15(14)8-13/h2-5,9-10,13,16H,6-8H2,1H3,(H,20,22). The number of anilines is 1. The van der Waals surface area contributed by atoms with Crippen LogP contribution in [0.1, 0.15) is 35.7 Å². The molecule has 1 aromatic carbocycles. The SMILES string of the molecule is Cc1ccc(NC(=O)N2C3CCC2c2cncnc2C3)cc1. The summed E-state index contributed by atoms with van der Waals surface area (Å²) in [6.45, 7) is 2.04. The van der Waals surface area contributed by atoms with E-state index >= 15 is 0 Å². The first-order chi connectivity index (χ1) is 10.7. The molecule has 0 radical (unpaired) electrons. The Morgan fingerprint density at radius 1 is 1.27 bits per heavy atom. The van der Waals surface area contributed by atoms with Crippen molar-refractivity contribution in [2.24, 2.45) is 0 Å². The summed E-state index contributed by atoms with van der Waals surface area (Å²) in [6.07, 6.45) is 6.31. The maximum atomic E-state index is 12.7. The molecule has 0 saturated carbocycles. The molecule has 0 spiro atoms. The van der Waals surface area contributed by atoms with Crippen LogP contribution >= 0.6 is 0 Å². The predicted octanol–water partition coefficient (Wildman–Crippen LogP) is 3.08. The highest BCUT2D eigenvalue weighted by atomic mass is 16.2. The van der Waals surface area contributed by atoms with Crippen molar-refractivity contribution in [1.29, 1.82) is 0 Å². The minimum Gasteiger partial charge on any atom is -0.314 e. The maximum absolute atomic E-state index is 12.7. The summed E-state index contributed by atoms with van der Waals surface area (Å²) in [7, 11) is 0. The number of carbonyl (C=O) groups excluding carboxylic acids is 1. The highest BCUT2D eigenvalue weighted by molar-refractivity contribution is 5.90. The Bertz CT molecular complexity index is 713. The molecule has 1 aromatic heterocycles. The molecule has 2 aromatic rings. The van der Waals surface area contributed by atoms with Crippen LogP contribution in [0.15, 0.2) is 36.8 Å². The topological polar surface area (TPSA) is 58.1 Å². The van der Waals surface area contributed by atoms with Gasteiger partial charge in [-0.05, 0) is 31.9 Å². The van der Waals surface area contributed by atoms with Gasteiger partial charge in [-0.15, -0.1) is 0 Å². The molecular formula is C17H18N4O. The van der Waals surface area contributed by atoms with Gasteiger partial charge in [-0.3, -0.25) is 0 Å². The van der Waals surface area contributed by atoms with E-state index in [1.807, 2.05) is 42.3 Å². The molecule has 1 saturated heterocycles. The van der Waals surface area contributed by atoms with Crippen molar-refractivity contribution in [2.75, 3.05) is 5.32 Å². The normalized spacial score (nSPS) is 22.3.